The van der Waals surface area contributed by atoms with Crippen LogP contribution in [0.4, 0.5) is 0 Å². The monoisotopic (exact) mass is 246 g/mol. The number of ether oxygens (including phenoxy) is 3. The maximum absolute atomic E-state index is 10.8. The molecule has 1 aliphatic heterocycles. The number of carbonyl (C=O) groups is 2. The fourth-order valence-corrected chi connectivity index (χ4v) is 2.10. The van der Waals surface area contributed by atoms with E-state index >= 15 is 0 Å². The quantitative estimate of drug-likeness (QED) is 0.444. The average molecular weight is 246 g/mol. The van der Waals surface area contributed by atoms with Gasteiger partial charge in [-0.1, -0.05) is 0 Å². The number of fused-ring (bicyclic) bond motifs is 1. The van der Waals surface area contributed by atoms with Crippen LogP contribution in [0.5, 0.6) is 0 Å². The van der Waals surface area contributed by atoms with Crippen molar-refractivity contribution in [3.63, 3.8) is 0 Å². The summed E-state index contributed by atoms with van der Waals surface area (Å²) in [6.45, 7) is 2.41. The van der Waals surface area contributed by atoms with E-state index in [1.807, 2.05) is 0 Å². The Kier molecular flexibility index (Phi) is 3.07. The first-order chi connectivity index (χ1) is 7.91. The van der Waals surface area contributed by atoms with Gasteiger partial charge in [0.05, 0.1) is 0 Å². The normalized spacial score (nSPS) is 43.5. The summed E-state index contributed by atoms with van der Waals surface area (Å²) in [6, 6.07) is 0. The second kappa shape index (κ2) is 4.25. The third kappa shape index (κ3) is 2.26. The van der Waals surface area contributed by atoms with Crippen LogP contribution in [-0.2, 0) is 23.8 Å². The molecule has 0 spiro atoms. The van der Waals surface area contributed by atoms with E-state index in [0.29, 0.717) is 0 Å². The van der Waals surface area contributed by atoms with Crippen LogP contribution in [0.15, 0.2) is 0 Å². The molecule has 96 valence electrons. The van der Waals surface area contributed by atoms with Gasteiger partial charge in [-0.2, -0.15) is 0 Å². The highest BCUT2D eigenvalue weighted by atomic mass is 16.7. The molecule has 1 aliphatic carbocycles. The smallest absolute Gasteiger partial charge is 0.303 e. The lowest BCUT2D eigenvalue weighted by Crippen LogP contribution is -2.56. The molecule has 1 saturated heterocycles. The zero-order chi connectivity index (χ0) is 12.7. The van der Waals surface area contributed by atoms with E-state index in [1.54, 1.807) is 0 Å². The number of epoxide rings is 1. The molecule has 2 rings (SSSR count). The largest absolute Gasteiger partial charge is 0.457 e. The molecule has 1 saturated carbocycles. The van der Waals surface area contributed by atoms with Crippen molar-refractivity contribution in [1.82, 2.24) is 0 Å². The summed E-state index contributed by atoms with van der Waals surface area (Å²) >= 11 is 0. The van der Waals surface area contributed by atoms with E-state index in [-0.39, 0.29) is 0 Å². The van der Waals surface area contributed by atoms with Crippen molar-refractivity contribution in [3.05, 3.63) is 0 Å². The van der Waals surface area contributed by atoms with Crippen LogP contribution in [0, 0.1) is 0 Å². The standard InChI is InChI=1S/C10H14O7/c1-3(11)15-7-5(13)6(14)8(16-4(2)12)10-9(7)17-10/h5-10,13-14H,1-2H3/t5-,6+,7+,8-,9+,10-. The van der Waals surface area contributed by atoms with Gasteiger partial charge in [0.1, 0.15) is 24.4 Å². The molecule has 7 heteroatoms. The van der Waals surface area contributed by atoms with Gasteiger partial charge in [0.25, 0.3) is 0 Å². The van der Waals surface area contributed by atoms with Crippen LogP contribution < -0.4 is 0 Å². The highest BCUT2D eigenvalue weighted by Gasteiger charge is 2.63. The first-order valence-electron chi connectivity index (χ1n) is 5.28. The zero-order valence-corrected chi connectivity index (χ0v) is 9.40. The van der Waals surface area contributed by atoms with E-state index < -0.39 is 48.6 Å². The molecular formula is C10H14O7. The highest BCUT2D eigenvalue weighted by Crippen LogP contribution is 2.40. The van der Waals surface area contributed by atoms with Crippen molar-refractivity contribution in [2.24, 2.45) is 0 Å². The van der Waals surface area contributed by atoms with E-state index in [1.165, 1.54) is 13.8 Å². The van der Waals surface area contributed by atoms with Gasteiger partial charge in [0, 0.05) is 13.8 Å². The van der Waals surface area contributed by atoms with Crippen LogP contribution in [0.3, 0.4) is 0 Å². The summed E-state index contributed by atoms with van der Waals surface area (Å²) in [5, 5.41) is 19.5. The van der Waals surface area contributed by atoms with Crippen molar-refractivity contribution >= 4 is 11.9 Å². The Morgan fingerprint density at radius 2 is 1.29 bits per heavy atom. The Bertz CT molecular complexity index is 310. The number of rotatable bonds is 2. The maximum atomic E-state index is 10.8. The minimum absolute atomic E-state index is 0.526. The number of hydrogen-bond donors (Lipinski definition) is 2. The summed E-state index contributed by atoms with van der Waals surface area (Å²) in [4.78, 5) is 21.7. The summed E-state index contributed by atoms with van der Waals surface area (Å²) in [5.74, 6) is -1.14. The van der Waals surface area contributed by atoms with Crippen LogP contribution >= 0.6 is 0 Å². The summed E-state index contributed by atoms with van der Waals surface area (Å²) in [7, 11) is 0. The van der Waals surface area contributed by atoms with Gasteiger partial charge in [0.2, 0.25) is 0 Å². The SMILES string of the molecule is CC(=O)O[C@@H]1[C@@H](O)[C@@H](O)[C@H](OC(C)=O)[C@@H]2O[C@@H]21. The third-order valence-electron chi connectivity index (χ3n) is 2.84. The predicted molar refractivity (Wildman–Crippen MR) is 51.8 cm³/mol. The Balaban J connectivity index is 2.07. The first-order valence-corrected chi connectivity index (χ1v) is 5.28. The Morgan fingerprint density at radius 1 is 0.941 bits per heavy atom. The van der Waals surface area contributed by atoms with E-state index in [2.05, 4.69) is 0 Å². The number of carbonyl (C=O) groups excluding carboxylic acids is 2. The summed E-state index contributed by atoms with van der Waals surface area (Å²) in [5.41, 5.74) is 0. The molecule has 1 heterocycles. The topological polar surface area (TPSA) is 106 Å². The molecule has 0 amide bonds. The molecule has 7 nitrogen and oxygen atoms in total. The molecule has 0 aromatic carbocycles. The summed E-state index contributed by atoms with van der Waals surface area (Å²) in [6.07, 6.45) is -5.54. The van der Waals surface area contributed by atoms with Gasteiger partial charge < -0.3 is 24.4 Å². The first kappa shape index (κ1) is 12.3. The van der Waals surface area contributed by atoms with Crippen LogP contribution in [0.2, 0.25) is 0 Å². The van der Waals surface area contributed by atoms with Crippen molar-refractivity contribution in [3.8, 4) is 0 Å². The van der Waals surface area contributed by atoms with E-state index in [4.69, 9.17) is 14.2 Å². The molecule has 2 fully saturated rings. The van der Waals surface area contributed by atoms with Gasteiger partial charge in [-0.3, -0.25) is 9.59 Å². The molecule has 0 aromatic rings. The number of hydrogen-bond acceptors (Lipinski definition) is 7. The van der Waals surface area contributed by atoms with Crippen molar-refractivity contribution < 1.29 is 34.0 Å². The molecular weight excluding hydrogens is 232 g/mol. The molecule has 0 bridgehead atoms. The van der Waals surface area contributed by atoms with Crippen LogP contribution in [0.1, 0.15) is 13.8 Å². The second-order valence-corrected chi connectivity index (χ2v) is 4.19. The third-order valence-corrected chi connectivity index (χ3v) is 2.84. The maximum Gasteiger partial charge on any atom is 0.303 e. The van der Waals surface area contributed by atoms with Gasteiger partial charge in [-0.25, -0.2) is 0 Å². The van der Waals surface area contributed by atoms with Crippen molar-refractivity contribution in [2.75, 3.05) is 0 Å². The lowest BCUT2D eigenvalue weighted by Gasteiger charge is -2.33. The molecule has 6 atom stereocenters. The Hall–Kier alpha value is -1.18. The molecule has 2 aliphatic rings. The highest BCUT2D eigenvalue weighted by molar-refractivity contribution is 5.67. The number of aliphatic hydroxyl groups is 2. The van der Waals surface area contributed by atoms with Crippen LogP contribution in [-0.4, -0.2) is 58.8 Å². The van der Waals surface area contributed by atoms with Gasteiger partial charge in [0.15, 0.2) is 12.2 Å². The van der Waals surface area contributed by atoms with Crippen molar-refractivity contribution in [2.45, 2.75) is 50.5 Å². The van der Waals surface area contributed by atoms with Crippen molar-refractivity contribution in [1.29, 1.82) is 0 Å². The zero-order valence-electron chi connectivity index (χ0n) is 9.40. The molecule has 0 aromatic heterocycles. The van der Waals surface area contributed by atoms with Crippen LogP contribution in [0.25, 0.3) is 0 Å². The molecule has 17 heavy (non-hydrogen) atoms. The average Bonchev–Trinajstić information content (AvgIpc) is 2.98. The summed E-state index contributed by atoms with van der Waals surface area (Å²) < 4.78 is 14.9. The lowest BCUT2D eigenvalue weighted by atomic mass is 9.89. The lowest BCUT2D eigenvalue weighted by molar-refractivity contribution is -0.180. The molecule has 2 N–H and O–H groups in total. The molecule has 0 unspecified atom stereocenters. The fraction of sp³-hybridized carbons (Fsp3) is 0.800. The van der Waals surface area contributed by atoms with Gasteiger partial charge in [-0.15, -0.1) is 0 Å². The Morgan fingerprint density at radius 3 is 1.59 bits per heavy atom. The molecule has 0 radical (unpaired) electrons. The van der Waals surface area contributed by atoms with E-state index in [9.17, 15) is 19.8 Å². The fourth-order valence-electron chi connectivity index (χ4n) is 2.10. The minimum Gasteiger partial charge on any atom is -0.457 e. The second-order valence-electron chi connectivity index (χ2n) is 4.19. The number of aliphatic hydroxyl groups excluding tert-OH is 2. The predicted octanol–water partition coefficient (Wildman–Crippen LogP) is -1.65. The van der Waals surface area contributed by atoms with Gasteiger partial charge >= 0.3 is 11.9 Å². The van der Waals surface area contributed by atoms with Gasteiger partial charge in [-0.05, 0) is 0 Å². The van der Waals surface area contributed by atoms with E-state index in [0.717, 1.165) is 0 Å². The minimum atomic E-state index is -1.33. The number of esters is 2. The Labute approximate surface area is 97.3 Å².